The van der Waals surface area contributed by atoms with E-state index in [2.05, 4.69) is 20.7 Å². The fourth-order valence-electron chi connectivity index (χ4n) is 1.36. The molecule has 3 N–H and O–H groups in total. The molecular weight excluding hydrogens is 321 g/mol. The van der Waals surface area contributed by atoms with E-state index >= 15 is 0 Å². The van der Waals surface area contributed by atoms with Crippen molar-refractivity contribution in [3.05, 3.63) is 44.7 Å². The molecule has 0 aliphatic heterocycles. The molecule has 0 amide bonds. The van der Waals surface area contributed by atoms with Crippen molar-refractivity contribution in [3.63, 3.8) is 0 Å². The minimum absolute atomic E-state index is 0. The molecule has 112 valence electrons. The lowest BCUT2D eigenvalue weighted by atomic mass is 10.2. The minimum atomic E-state index is -0.563. The van der Waals surface area contributed by atoms with Gasteiger partial charge in [-0.25, -0.2) is 10.1 Å². The lowest BCUT2D eigenvalue weighted by molar-refractivity contribution is -0.384. The molecule has 0 unspecified atom stereocenters. The highest BCUT2D eigenvalue weighted by Crippen LogP contribution is 2.24. The third kappa shape index (κ3) is 3.80. The topological polar surface area (TPSA) is 124 Å². The quantitative estimate of drug-likeness (QED) is 0.380. The van der Waals surface area contributed by atoms with Gasteiger partial charge in [0.1, 0.15) is 5.02 Å². The Labute approximate surface area is 130 Å². The number of rotatable bonds is 4. The Morgan fingerprint density at radius 2 is 2.24 bits per heavy atom. The number of hydrogen-bond acceptors (Lipinski definition) is 7. The molecule has 0 aliphatic rings. The highest BCUT2D eigenvalue weighted by atomic mass is 35.5. The average molecular weight is 332 g/mol. The first kappa shape index (κ1) is 16.7. The normalized spacial score (nSPS) is 10.4. The van der Waals surface area contributed by atoms with E-state index in [4.69, 9.17) is 17.4 Å². The third-order valence-corrected chi connectivity index (χ3v) is 2.73. The van der Waals surface area contributed by atoms with Gasteiger partial charge >= 0.3 is 0 Å². The molecule has 0 fully saturated rings. The molecule has 21 heavy (non-hydrogen) atoms. The van der Waals surface area contributed by atoms with E-state index in [9.17, 15) is 10.1 Å². The molecule has 1 aromatic carbocycles. The highest BCUT2D eigenvalue weighted by Gasteiger charge is 2.11. The molecule has 0 bridgehead atoms. The fraction of sp³-hybridized carbons (Fsp3) is 0.100. The zero-order valence-electron chi connectivity index (χ0n) is 10.7. The van der Waals surface area contributed by atoms with Gasteiger partial charge in [0.15, 0.2) is 5.82 Å². The summed E-state index contributed by atoms with van der Waals surface area (Å²) < 4.78 is 1.22. The summed E-state index contributed by atoms with van der Waals surface area (Å²) >= 11 is 5.70. The fourth-order valence-corrected chi connectivity index (χ4v) is 1.55. The monoisotopic (exact) mass is 331 g/mol. The van der Waals surface area contributed by atoms with Crippen molar-refractivity contribution >= 4 is 41.9 Å². The van der Waals surface area contributed by atoms with Gasteiger partial charge in [-0.15, -0.1) is 22.6 Å². The number of nitro groups is 1. The first-order valence-electron chi connectivity index (χ1n) is 5.39. The second kappa shape index (κ2) is 6.86. The lowest BCUT2D eigenvalue weighted by Crippen LogP contribution is -2.13. The van der Waals surface area contributed by atoms with Gasteiger partial charge in [0.2, 0.25) is 0 Å². The Morgan fingerprint density at radius 3 is 2.81 bits per heavy atom. The molecule has 1 heterocycles. The average Bonchev–Trinajstić information content (AvgIpc) is 2.72. The molecule has 0 radical (unpaired) electrons. The van der Waals surface area contributed by atoms with Gasteiger partial charge in [-0.05, 0) is 13.0 Å². The van der Waals surface area contributed by atoms with Crippen molar-refractivity contribution in [1.29, 1.82) is 0 Å². The van der Waals surface area contributed by atoms with Crippen LogP contribution in [0.3, 0.4) is 0 Å². The number of anilines is 1. The van der Waals surface area contributed by atoms with E-state index in [0.29, 0.717) is 11.4 Å². The molecule has 0 saturated carbocycles. The number of aromatic nitrogens is 3. The van der Waals surface area contributed by atoms with E-state index in [1.165, 1.54) is 23.0 Å². The zero-order chi connectivity index (χ0) is 14.7. The van der Waals surface area contributed by atoms with Crippen LogP contribution in [0.4, 0.5) is 11.6 Å². The van der Waals surface area contributed by atoms with Gasteiger partial charge in [-0.2, -0.15) is 5.10 Å². The van der Waals surface area contributed by atoms with Crippen LogP contribution in [0.5, 0.6) is 0 Å². The van der Waals surface area contributed by atoms with Gasteiger partial charge in [0.25, 0.3) is 11.6 Å². The molecule has 2 rings (SSSR count). The van der Waals surface area contributed by atoms with Crippen LogP contribution in [0.25, 0.3) is 0 Å². The number of nitrogens with two attached hydrogens (primary N) is 1. The highest BCUT2D eigenvalue weighted by molar-refractivity contribution is 6.32. The van der Waals surface area contributed by atoms with Gasteiger partial charge < -0.3 is 5.84 Å². The van der Waals surface area contributed by atoms with E-state index in [1.54, 1.807) is 13.0 Å². The van der Waals surface area contributed by atoms with E-state index < -0.39 is 4.92 Å². The Bertz CT molecular complexity index is 686. The maximum Gasteiger partial charge on any atom is 0.288 e. The van der Waals surface area contributed by atoms with E-state index in [1.807, 2.05) is 0 Å². The van der Waals surface area contributed by atoms with Crippen molar-refractivity contribution in [3.8, 4) is 0 Å². The summed E-state index contributed by atoms with van der Waals surface area (Å²) in [5, 5.41) is 22.2. The molecular formula is C10H11Cl2N7O2. The second-order valence-corrected chi connectivity index (χ2v) is 4.19. The Hall–Kier alpha value is -2.39. The number of nitrogen functional groups attached to an aromatic ring is 1. The molecule has 1 aromatic heterocycles. The predicted molar refractivity (Wildman–Crippen MR) is 81.5 cm³/mol. The van der Waals surface area contributed by atoms with Crippen LogP contribution in [-0.4, -0.2) is 26.0 Å². The molecule has 2 aromatic rings. The van der Waals surface area contributed by atoms with E-state index in [0.717, 1.165) is 0 Å². The van der Waals surface area contributed by atoms with Crippen molar-refractivity contribution in [2.45, 2.75) is 6.92 Å². The van der Waals surface area contributed by atoms with Crippen LogP contribution < -0.4 is 11.3 Å². The van der Waals surface area contributed by atoms with Crippen molar-refractivity contribution in [2.24, 2.45) is 5.10 Å². The number of nitro benzene ring substituents is 1. The zero-order valence-corrected chi connectivity index (χ0v) is 12.3. The summed E-state index contributed by atoms with van der Waals surface area (Å²) in [6, 6.07) is 4.33. The van der Waals surface area contributed by atoms with Crippen LogP contribution in [0.15, 0.2) is 23.3 Å². The van der Waals surface area contributed by atoms with Gasteiger partial charge in [-0.3, -0.25) is 10.1 Å². The molecule has 0 spiro atoms. The van der Waals surface area contributed by atoms with Crippen LogP contribution in [0.1, 0.15) is 11.4 Å². The van der Waals surface area contributed by atoms with Crippen LogP contribution in [-0.2, 0) is 0 Å². The molecule has 0 saturated heterocycles. The van der Waals surface area contributed by atoms with Gasteiger partial charge in [0.05, 0.1) is 11.1 Å². The summed E-state index contributed by atoms with van der Waals surface area (Å²) in [6.07, 6.45) is 1.38. The Kier molecular flexibility index (Phi) is 5.44. The minimum Gasteiger partial charge on any atom is -0.335 e. The molecule has 0 atom stereocenters. The maximum atomic E-state index is 10.7. The second-order valence-electron chi connectivity index (χ2n) is 3.78. The summed E-state index contributed by atoms with van der Waals surface area (Å²) in [5.74, 6) is 6.38. The first-order valence-corrected chi connectivity index (χ1v) is 5.77. The van der Waals surface area contributed by atoms with Crippen LogP contribution in [0.2, 0.25) is 5.02 Å². The predicted octanol–water partition coefficient (Wildman–Crippen LogP) is 1.73. The number of nitrogens with one attached hydrogen (secondary N) is 1. The number of nitrogens with zero attached hydrogens (tertiary/aromatic N) is 5. The largest absolute Gasteiger partial charge is 0.335 e. The van der Waals surface area contributed by atoms with Gasteiger partial charge in [-0.1, -0.05) is 17.7 Å². The van der Waals surface area contributed by atoms with Crippen molar-refractivity contribution in [2.75, 3.05) is 11.3 Å². The van der Waals surface area contributed by atoms with Crippen LogP contribution in [0, 0.1) is 17.0 Å². The molecule has 0 aliphatic carbocycles. The summed E-state index contributed by atoms with van der Waals surface area (Å²) in [5.41, 5.74) is 2.90. The Morgan fingerprint density at radius 1 is 1.52 bits per heavy atom. The van der Waals surface area contributed by atoms with Crippen molar-refractivity contribution in [1.82, 2.24) is 14.9 Å². The van der Waals surface area contributed by atoms with Gasteiger partial charge in [0, 0.05) is 11.6 Å². The number of halogens is 2. The number of benzene rings is 1. The number of hydrogen-bond donors (Lipinski definition) is 2. The smallest absolute Gasteiger partial charge is 0.288 e. The lowest BCUT2D eigenvalue weighted by Gasteiger charge is -2.00. The molecule has 9 nitrogen and oxygen atoms in total. The van der Waals surface area contributed by atoms with Crippen molar-refractivity contribution < 1.29 is 4.92 Å². The standard InChI is InChI=1S/C10H10ClN7O2.ClH/c1-6-14-16-10(17(6)12)15-13-5-7-2-3-8(11)9(4-7)18(19)20;/h2-5H,12H2,1H3,(H,15,16);1H. The maximum absolute atomic E-state index is 10.7. The number of hydrazone groups is 1. The SMILES string of the molecule is Cc1nnc(NN=Cc2ccc(Cl)c([N+](=O)[O-])c2)n1N.Cl. The van der Waals surface area contributed by atoms with E-state index in [-0.39, 0.29) is 29.1 Å². The summed E-state index contributed by atoms with van der Waals surface area (Å²) in [4.78, 5) is 10.2. The third-order valence-electron chi connectivity index (χ3n) is 2.41. The summed E-state index contributed by atoms with van der Waals surface area (Å²) in [7, 11) is 0. The Balaban J connectivity index is 0.00000220. The number of aryl methyl sites for hydroxylation is 1. The molecule has 11 heteroatoms. The first-order chi connectivity index (χ1) is 9.49. The summed E-state index contributed by atoms with van der Waals surface area (Å²) in [6.45, 7) is 1.68. The van der Waals surface area contributed by atoms with Crippen LogP contribution >= 0.6 is 24.0 Å².